The summed E-state index contributed by atoms with van der Waals surface area (Å²) in [4.78, 5) is 37.7. The minimum Gasteiger partial charge on any atom is -0.452 e. The van der Waals surface area contributed by atoms with Gasteiger partial charge >= 0.3 is 5.97 Å². The number of anilines is 1. The highest BCUT2D eigenvalue weighted by molar-refractivity contribution is 6.33. The molecule has 6 nitrogen and oxygen atoms in total. The van der Waals surface area contributed by atoms with Gasteiger partial charge in [-0.3, -0.25) is 9.59 Å². The molecule has 0 aliphatic rings. The molecule has 3 rings (SSSR count). The van der Waals surface area contributed by atoms with Gasteiger partial charge in [-0.25, -0.2) is 4.79 Å². The van der Waals surface area contributed by atoms with E-state index in [4.69, 9.17) is 16.3 Å². The van der Waals surface area contributed by atoms with Crippen LogP contribution < -0.4 is 5.32 Å². The van der Waals surface area contributed by atoms with Crippen LogP contribution in [-0.2, 0) is 14.3 Å². The highest BCUT2D eigenvalue weighted by Crippen LogP contribution is 2.21. The molecule has 0 bridgehead atoms. The van der Waals surface area contributed by atoms with Crippen LogP contribution in [0.1, 0.15) is 10.4 Å². The number of carbonyl (C=O) groups excluding carboxylic acids is 3. The molecule has 3 aromatic carbocycles. The molecule has 0 saturated carbocycles. The Morgan fingerprint density at radius 3 is 2.16 bits per heavy atom. The van der Waals surface area contributed by atoms with Crippen molar-refractivity contribution in [2.75, 3.05) is 25.5 Å². The second kappa shape index (κ2) is 10.4. The average molecular weight is 437 g/mol. The zero-order chi connectivity index (χ0) is 22.2. The van der Waals surface area contributed by atoms with E-state index in [1.807, 2.05) is 42.5 Å². The molecule has 1 N–H and O–H groups in total. The Bertz CT molecular complexity index is 1070. The number of nitrogens with one attached hydrogen (secondary N) is 1. The lowest BCUT2D eigenvalue weighted by Gasteiger charge is -2.17. The lowest BCUT2D eigenvalue weighted by Crippen LogP contribution is -2.37. The summed E-state index contributed by atoms with van der Waals surface area (Å²) >= 11 is 6.00. The minimum atomic E-state index is -0.609. The Kier molecular flexibility index (Phi) is 7.40. The Morgan fingerprint density at radius 2 is 1.48 bits per heavy atom. The molecule has 0 heterocycles. The lowest BCUT2D eigenvalue weighted by molar-refractivity contribution is -0.136. The van der Waals surface area contributed by atoms with Crippen LogP contribution in [0.4, 0.5) is 5.69 Å². The number of rotatable bonds is 7. The van der Waals surface area contributed by atoms with Crippen LogP contribution in [-0.4, -0.2) is 42.9 Å². The molecule has 0 fully saturated rings. The van der Waals surface area contributed by atoms with Crippen LogP contribution in [0.3, 0.4) is 0 Å². The molecule has 0 unspecified atom stereocenters. The summed E-state index contributed by atoms with van der Waals surface area (Å²) in [6, 6.07) is 23.5. The molecular weight excluding hydrogens is 416 g/mol. The van der Waals surface area contributed by atoms with E-state index in [0.29, 0.717) is 16.3 Å². The van der Waals surface area contributed by atoms with E-state index in [2.05, 4.69) is 5.32 Å². The SMILES string of the molecule is CN(CC(=O)Nc1ccccc1Cl)C(=O)COC(=O)c1ccc(-c2ccccc2)cc1. The fraction of sp³-hybridized carbons (Fsp3) is 0.125. The number of hydrogen-bond donors (Lipinski definition) is 1. The molecule has 0 saturated heterocycles. The molecular formula is C24H21ClN2O4. The molecule has 0 aliphatic carbocycles. The van der Waals surface area contributed by atoms with Crippen LogP contribution in [0.2, 0.25) is 5.02 Å². The fourth-order valence-electron chi connectivity index (χ4n) is 2.81. The van der Waals surface area contributed by atoms with Gasteiger partial charge in [0.1, 0.15) is 0 Å². The van der Waals surface area contributed by atoms with Crippen molar-refractivity contribution < 1.29 is 19.1 Å². The topological polar surface area (TPSA) is 75.7 Å². The molecule has 7 heteroatoms. The Balaban J connectivity index is 1.48. The number of esters is 1. The number of para-hydroxylation sites is 1. The van der Waals surface area contributed by atoms with Crippen molar-refractivity contribution in [2.45, 2.75) is 0 Å². The third kappa shape index (κ3) is 6.17. The van der Waals surface area contributed by atoms with Crippen molar-refractivity contribution in [3.63, 3.8) is 0 Å². The van der Waals surface area contributed by atoms with Gasteiger partial charge in [-0.2, -0.15) is 0 Å². The molecule has 31 heavy (non-hydrogen) atoms. The Hall–Kier alpha value is -3.64. The molecule has 0 aliphatic heterocycles. The van der Waals surface area contributed by atoms with Crippen LogP contribution in [0, 0.1) is 0 Å². The Labute approximate surface area is 185 Å². The van der Waals surface area contributed by atoms with Crippen molar-refractivity contribution in [3.8, 4) is 11.1 Å². The number of benzene rings is 3. The third-order valence-electron chi connectivity index (χ3n) is 4.51. The van der Waals surface area contributed by atoms with Gasteiger partial charge in [0.2, 0.25) is 5.91 Å². The number of amides is 2. The van der Waals surface area contributed by atoms with Gasteiger partial charge in [-0.05, 0) is 35.4 Å². The lowest BCUT2D eigenvalue weighted by atomic mass is 10.0. The zero-order valence-electron chi connectivity index (χ0n) is 16.9. The quantitative estimate of drug-likeness (QED) is 0.561. The second-order valence-corrected chi connectivity index (χ2v) is 7.20. The van der Waals surface area contributed by atoms with Gasteiger partial charge in [0.15, 0.2) is 6.61 Å². The molecule has 0 radical (unpaired) electrons. The fourth-order valence-corrected chi connectivity index (χ4v) is 2.99. The van der Waals surface area contributed by atoms with Crippen molar-refractivity contribution in [3.05, 3.63) is 89.4 Å². The van der Waals surface area contributed by atoms with Gasteiger partial charge < -0.3 is 15.0 Å². The maximum atomic E-state index is 12.2. The number of ether oxygens (including phenoxy) is 1. The van der Waals surface area contributed by atoms with E-state index < -0.39 is 24.4 Å². The summed E-state index contributed by atoms with van der Waals surface area (Å²) in [5.74, 6) is -1.52. The predicted octanol–water partition coefficient (Wildman–Crippen LogP) is 4.26. The van der Waals surface area contributed by atoms with Crippen LogP contribution in [0.15, 0.2) is 78.9 Å². The van der Waals surface area contributed by atoms with Gasteiger partial charge in [0.25, 0.3) is 5.91 Å². The molecule has 158 valence electrons. The second-order valence-electron chi connectivity index (χ2n) is 6.80. The molecule has 0 atom stereocenters. The van der Waals surface area contributed by atoms with Crippen molar-refractivity contribution in [1.82, 2.24) is 4.90 Å². The third-order valence-corrected chi connectivity index (χ3v) is 4.84. The average Bonchev–Trinajstić information content (AvgIpc) is 2.79. The standard InChI is InChI=1S/C24H21ClN2O4/c1-27(15-22(28)26-21-10-6-5-9-20(21)25)23(29)16-31-24(30)19-13-11-18(12-14-19)17-7-3-2-4-8-17/h2-14H,15-16H2,1H3,(H,26,28). The largest absolute Gasteiger partial charge is 0.452 e. The number of carbonyl (C=O) groups is 3. The Morgan fingerprint density at radius 1 is 0.871 bits per heavy atom. The van der Waals surface area contributed by atoms with E-state index in [1.165, 1.54) is 11.9 Å². The van der Waals surface area contributed by atoms with Crippen molar-refractivity contribution >= 4 is 35.1 Å². The predicted molar refractivity (Wildman–Crippen MR) is 120 cm³/mol. The number of nitrogens with zero attached hydrogens (tertiary/aromatic N) is 1. The van der Waals surface area contributed by atoms with E-state index in [-0.39, 0.29) is 6.54 Å². The first-order chi connectivity index (χ1) is 14.9. The van der Waals surface area contributed by atoms with Gasteiger partial charge in [-0.1, -0.05) is 66.2 Å². The summed E-state index contributed by atoms with van der Waals surface area (Å²) in [5, 5.41) is 3.03. The smallest absolute Gasteiger partial charge is 0.338 e. The highest BCUT2D eigenvalue weighted by atomic mass is 35.5. The molecule has 3 aromatic rings. The van der Waals surface area contributed by atoms with Crippen LogP contribution in [0.25, 0.3) is 11.1 Å². The first-order valence-corrected chi connectivity index (χ1v) is 9.93. The first-order valence-electron chi connectivity index (χ1n) is 9.55. The van der Waals surface area contributed by atoms with E-state index in [0.717, 1.165) is 11.1 Å². The number of halogens is 1. The van der Waals surface area contributed by atoms with Crippen molar-refractivity contribution in [1.29, 1.82) is 0 Å². The zero-order valence-corrected chi connectivity index (χ0v) is 17.6. The van der Waals surface area contributed by atoms with E-state index in [1.54, 1.807) is 36.4 Å². The van der Waals surface area contributed by atoms with Crippen LogP contribution in [0.5, 0.6) is 0 Å². The summed E-state index contributed by atoms with van der Waals surface area (Å²) in [6.45, 7) is -0.664. The van der Waals surface area contributed by atoms with Crippen molar-refractivity contribution in [2.24, 2.45) is 0 Å². The monoisotopic (exact) mass is 436 g/mol. The molecule has 0 aromatic heterocycles. The van der Waals surface area contributed by atoms with Gasteiger partial charge in [-0.15, -0.1) is 0 Å². The highest BCUT2D eigenvalue weighted by Gasteiger charge is 2.16. The van der Waals surface area contributed by atoms with Crippen LogP contribution >= 0.6 is 11.6 Å². The minimum absolute atomic E-state index is 0.201. The first kappa shape index (κ1) is 22.1. The molecule has 2 amide bonds. The normalized spacial score (nSPS) is 10.3. The molecule has 0 spiro atoms. The summed E-state index contributed by atoms with van der Waals surface area (Å²) < 4.78 is 5.09. The van der Waals surface area contributed by atoms with Gasteiger partial charge in [0, 0.05) is 7.05 Å². The van der Waals surface area contributed by atoms with Gasteiger partial charge in [0.05, 0.1) is 22.8 Å². The van der Waals surface area contributed by atoms with E-state index in [9.17, 15) is 14.4 Å². The number of hydrogen-bond acceptors (Lipinski definition) is 4. The maximum absolute atomic E-state index is 12.2. The number of likely N-dealkylation sites (N-methyl/N-ethyl adjacent to an activating group) is 1. The van der Waals surface area contributed by atoms with E-state index >= 15 is 0 Å². The summed E-state index contributed by atoms with van der Waals surface area (Å²) in [6.07, 6.45) is 0. The summed E-state index contributed by atoms with van der Waals surface area (Å²) in [5.41, 5.74) is 2.80. The maximum Gasteiger partial charge on any atom is 0.338 e. The summed E-state index contributed by atoms with van der Waals surface area (Å²) in [7, 11) is 1.46.